The average Bonchev–Trinajstić information content (AvgIpc) is 2.36. The van der Waals surface area contributed by atoms with E-state index in [4.69, 9.17) is 5.73 Å². The van der Waals surface area contributed by atoms with Crippen molar-refractivity contribution in [3.05, 3.63) is 53.6 Å². The second-order valence-electron chi connectivity index (χ2n) is 4.54. The molecule has 0 saturated carbocycles. The van der Waals surface area contributed by atoms with Crippen LogP contribution in [0.25, 0.3) is 0 Å². The molecule has 0 saturated heterocycles. The first-order valence-corrected chi connectivity index (χ1v) is 6.05. The van der Waals surface area contributed by atoms with Crippen LogP contribution in [0.2, 0.25) is 0 Å². The highest BCUT2D eigenvalue weighted by atomic mass is 16.2. The number of hydrogen-bond acceptors (Lipinski definition) is 2. The van der Waals surface area contributed by atoms with Gasteiger partial charge in [0.2, 0.25) is 0 Å². The lowest BCUT2D eigenvalue weighted by Crippen LogP contribution is -2.20. The van der Waals surface area contributed by atoms with Gasteiger partial charge in [-0.1, -0.05) is 23.8 Å². The van der Waals surface area contributed by atoms with Crippen molar-refractivity contribution in [1.82, 2.24) is 0 Å². The van der Waals surface area contributed by atoms with Gasteiger partial charge in [-0.25, -0.2) is 4.79 Å². The molecule has 4 heteroatoms. The van der Waals surface area contributed by atoms with E-state index in [9.17, 15) is 4.79 Å². The summed E-state index contributed by atoms with van der Waals surface area (Å²) in [5, 5.41) is 5.48. The molecule has 98 valence electrons. The first kappa shape index (κ1) is 13.0. The quantitative estimate of drug-likeness (QED) is 0.719. The molecular weight excluding hydrogens is 238 g/mol. The first-order valence-electron chi connectivity index (χ1n) is 6.05. The second kappa shape index (κ2) is 5.44. The van der Waals surface area contributed by atoms with Crippen molar-refractivity contribution >= 4 is 23.1 Å². The predicted molar refractivity (Wildman–Crippen MR) is 79.4 cm³/mol. The topological polar surface area (TPSA) is 67.2 Å². The third kappa shape index (κ3) is 3.48. The molecule has 2 rings (SSSR count). The number of aryl methyl sites for hydroxylation is 2. The molecule has 0 atom stereocenters. The van der Waals surface area contributed by atoms with Crippen LogP contribution < -0.4 is 16.4 Å². The van der Waals surface area contributed by atoms with E-state index in [1.54, 1.807) is 6.07 Å². The molecule has 2 amide bonds. The van der Waals surface area contributed by atoms with E-state index in [2.05, 4.69) is 10.6 Å². The summed E-state index contributed by atoms with van der Waals surface area (Å²) in [7, 11) is 0. The van der Waals surface area contributed by atoms with Gasteiger partial charge >= 0.3 is 6.03 Å². The van der Waals surface area contributed by atoms with E-state index in [0.29, 0.717) is 11.4 Å². The number of nitrogens with one attached hydrogen (secondary N) is 2. The van der Waals surface area contributed by atoms with Crippen molar-refractivity contribution in [2.45, 2.75) is 13.8 Å². The Labute approximate surface area is 112 Å². The summed E-state index contributed by atoms with van der Waals surface area (Å²) in [6, 6.07) is 12.8. The van der Waals surface area contributed by atoms with Gasteiger partial charge in [0.05, 0.1) is 11.4 Å². The maximum absolute atomic E-state index is 11.8. The van der Waals surface area contributed by atoms with Gasteiger partial charge in [0.25, 0.3) is 0 Å². The number of rotatable bonds is 2. The number of nitrogens with two attached hydrogens (primary N) is 1. The summed E-state index contributed by atoms with van der Waals surface area (Å²) >= 11 is 0. The second-order valence-corrected chi connectivity index (χ2v) is 4.54. The Kier molecular flexibility index (Phi) is 3.71. The zero-order chi connectivity index (χ0) is 13.8. The van der Waals surface area contributed by atoms with Crippen LogP contribution in [0.5, 0.6) is 0 Å². The highest BCUT2D eigenvalue weighted by Gasteiger charge is 2.05. The van der Waals surface area contributed by atoms with E-state index in [0.717, 1.165) is 16.8 Å². The minimum absolute atomic E-state index is 0.306. The van der Waals surface area contributed by atoms with Crippen molar-refractivity contribution in [2.24, 2.45) is 0 Å². The molecule has 0 radical (unpaired) electrons. The number of carbonyl (C=O) groups excluding carboxylic acids is 1. The fourth-order valence-corrected chi connectivity index (χ4v) is 1.72. The maximum Gasteiger partial charge on any atom is 0.323 e. The molecule has 0 bridgehead atoms. The highest BCUT2D eigenvalue weighted by Crippen LogP contribution is 2.19. The van der Waals surface area contributed by atoms with Crippen LogP contribution in [-0.2, 0) is 0 Å². The van der Waals surface area contributed by atoms with Gasteiger partial charge < -0.3 is 16.4 Å². The van der Waals surface area contributed by atoms with Gasteiger partial charge in [-0.3, -0.25) is 0 Å². The van der Waals surface area contributed by atoms with Gasteiger partial charge in [-0.15, -0.1) is 0 Å². The van der Waals surface area contributed by atoms with Gasteiger partial charge in [0.1, 0.15) is 0 Å². The van der Waals surface area contributed by atoms with Crippen LogP contribution >= 0.6 is 0 Å². The molecule has 2 aromatic rings. The van der Waals surface area contributed by atoms with Crippen molar-refractivity contribution in [3.8, 4) is 0 Å². The highest BCUT2D eigenvalue weighted by molar-refractivity contribution is 6.01. The predicted octanol–water partition coefficient (Wildman–Crippen LogP) is 3.53. The van der Waals surface area contributed by atoms with Crippen molar-refractivity contribution in [2.75, 3.05) is 16.4 Å². The summed E-state index contributed by atoms with van der Waals surface area (Å²) in [5.74, 6) is 0. The monoisotopic (exact) mass is 255 g/mol. The molecule has 4 nitrogen and oxygen atoms in total. The van der Waals surface area contributed by atoms with Crippen LogP contribution in [0.15, 0.2) is 42.5 Å². The Morgan fingerprint density at radius 3 is 2.21 bits per heavy atom. The summed E-state index contributed by atoms with van der Waals surface area (Å²) in [4.78, 5) is 11.8. The summed E-state index contributed by atoms with van der Waals surface area (Å²) in [6.07, 6.45) is 0. The van der Waals surface area contributed by atoms with E-state index >= 15 is 0 Å². The molecule has 0 fully saturated rings. The molecule has 0 spiro atoms. The number of carbonyl (C=O) groups is 1. The van der Waals surface area contributed by atoms with Crippen LogP contribution in [0.4, 0.5) is 21.9 Å². The number of nitrogen functional groups attached to an aromatic ring is 1. The van der Waals surface area contributed by atoms with Gasteiger partial charge in [0, 0.05) is 5.69 Å². The van der Waals surface area contributed by atoms with Gasteiger partial charge in [0.15, 0.2) is 0 Å². The molecule has 0 aliphatic carbocycles. The summed E-state index contributed by atoms with van der Waals surface area (Å²) in [5.41, 5.74) is 9.95. The number of urea groups is 1. The Bertz CT molecular complexity index is 591. The maximum atomic E-state index is 11.8. The fourth-order valence-electron chi connectivity index (χ4n) is 1.72. The van der Waals surface area contributed by atoms with E-state index in [1.807, 2.05) is 50.2 Å². The Balaban J connectivity index is 2.03. The number of hydrogen-bond donors (Lipinski definition) is 3. The molecule has 0 unspecified atom stereocenters. The average molecular weight is 255 g/mol. The molecule has 4 N–H and O–H groups in total. The Morgan fingerprint density at radius 1 is 0.947 bits per heavy atom. The SMILES string of the molecule is Cc1ccc(NC(=O)Nc2ccc(C)cc2N)cc1. The van der Waals surface area contributed by atoms with Gasteiger partial charge in [-0.2, -0.15) is 0 Å². The van der Waals surface area contributed by atoms with Crippen LogP contribution in [0.3, 0.4) is 0 Å². The molecule has 19 heavy (non-hydrogen) atoms. The van der Waals surface area contributed by atoms with E-state index in [-0.39, 0.29) is 6.03 Å². The lowest BCUT2D eigenvalue weighted by molar-refractivity contribution is 0.262. The van der Waals surface area contributed by atoms with Crippen LogP contribution in [0.1, 0.15) is 11.1 Å². The third-order valence-electron chi connectivity index (χ3n) is 2.76. The van der Waals surface area contributed by atoms with Crippen molar-refractivity contribution in [3.63, 3.8) is 0 Å². The van der Waals surface area contributed by atoms with Crippen LogP contribution in [0, 0.1) is 13.8 Å². The molecule has 0 aliphatic heterocycles. The minimum atomic E-state index is -0.306. The largest absolute Gasteiger partial charge is 0.397 e. The third-order valence-corrected chi connectivity index (χ3v) is 2.76. The normalized spacial score (nSPS) is 10.0. The number of amides is 2. The molecule has 2 aromatic carbocycles. The molecule has 0 aliphatic rings. The van der Waals surface area contributed by atoms with Crippen LogP contribution in [-0.4, -0.2) is 6.03 Å². The molecule has 0 heterocycles. The van der Waals surface area contributed by atoms with E-state index in [1.165, 1.54) is 0 Å². The minimum Gasteiger partial charge on any atom is -0.397 e. The zero-order valence-corrected chi connectivity index (χ0v) is 11.0. The molecular formula is C15H17N3O. The zero-order valence-electron chi connectivity index (χ0n) is 11.0. The Morgan fingerprint density at radius 2 is 1.58 bits per heavy atom. The number of anilines is 3. The van der Waals surface area contributed by atoms with Crippen molar-refractivity contribution < 1.29 is 4.79 Å². The lowest BCUT2D eigenvalue weighted by Gasteiger charge is -2.10. The van der Waals surface area contributed by atoms with E-state index < -0.39 is 0 Å². The summed E-state index contributed by atoms with van der Waals surface area (Å²) in [6.45, 7) is 3.95. The summed E-state index contributed by atoms with van der Waals surface area (Å²) < 4.78 is 0. The fraction of sp³-hybridized carbons (Fsp3) is 0.133. The first-order chi connectivity index (χ1) is 9.04. The Hall–Kier alpha value is -2.49. The van der Waals surface area contributed by atoms with Crippen molar-refractivity contribution in [1.29, 1.82) is 0 Å². The number of benzene rings is 2. The smallest absolute Gasteiger partial charge is 0.323 e. The van der Waals surface area contributed by atoms with Gasteiger partial charge in [-0.05, 0) is 43.7 Å². The lowest BCUT2D eigenvalue weighted by atomic mass is 10.2. The standard InChI is InChI=1S/C15H17N3O/c1-10-3-6-12(7-4-10)17-15(19)18-14-8-5-11(2)9-13(14)16/h3-9H,16H2,1-2H3,(H2,17,18,19). The molecule has 0 aromatic heterocycles.